The Balaban J connectivity index is 1.65. The van der Waals surface area contributed by atoms with Crippen LogP contribution >= 0.6 is 0 Å². The monoisotopic (exact) mass is 428 g/mol. The molecule has 0 radical (unpaired) electrons. The van der Waals surface area contributed by atoms with Crippen molar-refractivity contribution in [3.8, 4) is 5.82 Å². The molecule has 3 aromatic rings. The molecule has 0 fully saturated rings. The van der Waals surface area contributed by atoms with Gasteiger partial charge in [0.05, 0.1) is 10.6 Å². The van der Waals surface area contributed by atoms with Crippen molar-refractivity contribution >= 4 is 21.6 Å². The number of carbonyl (C=O) groups excluding carboxylic acids is 1. The van der Waals surface area contributed by atoms with Crippen molar-refractivity contribution in [2.45, 2.75) is 32.6 Å². The maximum Gasteiger partial charge on any atom is 0.240 e. The first-order chi connectivity index (χ1) is 14.2. The second-order valence-electron chi connectivity index (χ2n) is 6.91. The van der Waals surface area contributed by atoms with Crippen LogP contribution in [0.1, 0.15) is 34.5 Å². The molecule has 2 heterocycles. The average Bonchev–Trinajstić information content (AvgIpc) is 3.03. The zero-order chi connectivity index (χ0) is 21.9. The molecule has 0 spiro atoms. The van der Waals surface area contributed by atoms with Crippen LogP contribution in [0.25, 0.3) is 5.82 Å². The van der Waals surface area contributed by atoms with E-state index in [1.165, 1.54) is 19.1 Å². The lowest BCUT2D eigenvalue weighted by molar-refractivity contribution is 0.101. The van der Waals surface area contributed by atoms with Gasteiger partial charge in [-0.05, 0) is 45.9 Å². The van der Waals surface area contributed by atoms with Crippen molar-refractivity contribution < 1.29 is 13.2 Å². The van der Waals surface area contributed by atoms with Gasteiger partial charge in [0.2, 0.25) is 10.0 Å². The minimum Gasteiger partial charge on any atom is -0.369 e. The van der Waals surface area contributed by atoms with E-state index in [9.17, 15) is 13.2 Å². The highest BCUT2D eigenvalue weighted by atomic mass is 32.2. The van der Waals surface area contributed by atoms with Gasteiger partial charge in [-0.1, -0.05) is 12.1 Å². The van der Waals surface area contributed by atoms with Crippen molar-refractivity contribution in [3.63, 3.8) is 0 Å². The molecule has 9 nitrogen and oxygen atoms in total. The molecule has 0 aliphatic rings. The molecule has 0 amide bonds. The summed E-state index contributed by atoms with van der Waals surface area (Å²) in [4.78, 5) is 20.3. The van der Waals surface area contributed by atoms with Gasteiger partial charge < -0.3 is 5.32 Å². The number of carbonyl (C=O) groups is 1. The first-order valence-corrected chi connectivity index (χ1v) is 10.9. The van der Waals surface area contributed by atoms with Crippen LogP contribution in [0, 0.1) is 20.8 Å². The molecular weight excluding hydrogens is 404 g/mol. The van der Waals surface area contributed by atoms with Gasteiger partial charge in [0.1, 0.15) is 11.6 Å². The Hall–Kier alpha value is -3.11. The molecule has 1 aromatic carbocycles. The van der Waals surface area contributed by atoms with Gasteiger partial charge in [0.15, 0.2) is 11.6 Å². The number of benzene rings is 1. The normalized spacial score (nSPS) is 11.5. The number of nitrogens with one attached hydrogen (secondary N) is 2. The summed E-state index contributed by atoms with van der Waals surface area (Å²) >= 11 is 0. The summed E-state index contributed by atoms with van der Waals surface area (Å²) in [6.45, 7) is 7.50. The number of Topliss-reactive ketones (excluding diaryl/α,β-unsaturated/α-hetero) is 1. The largest absolute Gasteiger partial charge is 0.369 e. The lowest BCUT2D eigenvalue weighted by Gasteiger charge is -2.11. The van der Waals surface area contributed by atoms with E-state index in [4.69, 9.17) is 0 Å². The van der Waals surface area contributed by atoms with Crippen LogP contribution in [0.15, 0.2) is 41.3 Å². The summed E-state index contributed by atoms with van der Waals surface area (Å²) in [5, 5.41) is 7.53. The van der Waals surface area contributed by atoms with Crippen LogP contribution in [0.3, 0.4) is 0 Å². The highest BCUT2D eigenvalue weighted by molar-refractivity contribution is 7.89. The number of aryl methyl sites for hydroxylation is 3. The molecule has 0 aliphatic heterocycles. The summed E-state index contributed by atoms with van der Waals surface area (Å²) < 4.78 is 29.2. The molecule has 2 aromatic heterocycles. The van der Waals surface area contributed by atoms with E-state index in [1.54, 1.807) is 29.8 Å². The fourth-order valence-corrected chi connectivity index (χ4v) is 4.03. The Bertz CT molecular complexity index is 1190. The van der Waals surface area contributed by atoms with Gasteiger partial charge in [0, 0.05) is 30.4 Å². The predicted molar refractivity (Wildman–Crippen MR) is 113 cm³/mol. The lowest BCUT2D eigenvalue weighted by atomic mass is 10.2. The molecular formula is C20H24N6O3S. The molecule has 0 bridgehead atoms. The highest BCUT2D eigenvalue weighted by Crippen LogP contribution is 2.14. The zero-order valence-electron chi connectivity index (χ0n) is 17.3. The van der Waals surface area contributed by atoms with Crippen molar-refractivity contribution in [1.82, 2.24) is 24.5 Å². The number of nitrogens with zero attached hydrogens (tertiary/aromatic N) is 4. The Kier molecular flexibility index (Phi) is 6.28. The van der Waals surface area contributed by atoms with Crippen LogP contribution in [0.5, 0.6) is 0 Å². The van der Waals surface area contributed by atoms with E-state index in [1.807, 2.05) is 19.9 Å². The fourth-order valence-electron chi connectivity index (χ4n) is 2.95. The Labute approximate surface area is 175 Å². The Morgan fingerprint density at radius 1 is 1.07 bits per heavy atom. The molecule has 0 atom stereocenters. The van der Waals surface area contributed by atoms with Crippen LogP contribution in [-0.4, -0.2) is 47.0 Å². The third kappa shape index (κ3) is 5.08. The van der Waals surface area contributed by atoms with Crippen LogP contribution in [0.2, 0.25) is 0 Å². The van der Waals surface area contributed by atoms with E-state index in [0.29, 0.717) is 29.6 Å². The van der Waals surface area contributed by atoms with E-state index < -0.39 is 10.0 Å². The third-order valence-corrected chi connectivity index (χ3v) is 5.78. The van der Waals surface area contributed by atoms with Gasteiger partial charge in [0.25, 0.3) is 0 Å². The Morgan fingerprint density at radius 2 is 1.83 bits per heavy atom. The van der Waals surface area contributed by atoms with Gasteiger partial charge in [-0.25, -0.2) is 27.8 Å². The number of ketones is 1. The van der Waals surface area contributed by atoms with Gasteiger partial charge >= 0.3 is 0 Å². The van der Waals surface area contributed by atoms with E-state index >= 15 is 0 Å². The van der Waals surface area contributed by atoms with Gasteiger partial charge in [-0.3, -0.25) is 4.79 Å². The molecule has 2 N–H and O–H groups in total. The second kappa shape index (κ2) is 8.72. The number of hydrogen-bond donors (Lipinski definition) is 2. The minimum absolute atomic E-state index is 0.0555. The number of anilines is 1. The summed E-state index contributed by atoms with van der Waals surface area (Å²) in [5.74, 6) is 1.59. The predicted octanol–water partition coefficient (Wildman–Crippen LogP) is 2.18. The molecule has 0 saturated heterocycles. The highest BCUT2D eigenvalue weighted by Gasteiger charge is 2.15. The van der Waals surface area contributed by atoms with Crippen LogP contribution in [-0.2, 0) is 10.0 Å². The topological polar surface area (TPSA) is 119 Å². The minimum atomic E-state index is -3.72. The van der Waals surface area contributed by atoms with E-state index in [2.05, 4.69) is 25.1 Å². The lowest BCUT2D eigenvalue weighted by Crippen LogP contribution is -2.29. The van der Waals surface area contributed by atoms with Crippen molar-refractivity contribution in [2.75, 3.05) is 18.4 Å². The van der Waals surface area contributed by atoms with Crippen molar-refractivity contribution in [1.29, 1.82) is 0 Å². The summed E-state index contributed by atoms with van der Waals surface area (Å²) in [6.07, 6.45) is 0. The molecule has 3 rings (SSSR count). The molecule has 0 aliphatic carbocycles. The van der Waals surface area contributed by atoms with Gasteiger partial charge in [-0.15, -0.1) is 0 Å². The van der Waals surface area contributed by atoms with Crippen LogP contribution < -0.4 is 10.0 Å². The second-order valence-corrected chi connectivity index (χ2v) is 8.67. The van der Waals surface area contributed by atoms with E-state index in [-0.39, 0.29) is 17.2 Å². The fraction of sp³-hybridized carbons (Fsp3) is 0.300. The molecule has 0 saturated carbocycles. The first kappa shape index (κ1) is 21.6. The molecule has 30 heavy (non-hydrogen) atoms. The first-order valence-electron chi connectivity index (χ1n) is 9.39. The summed E-state index contributed by atoms with van der Waals surface area (Å²) in [5.41, 5.74) is 2.20. The maximum atomic E-state index is 12.5. The van der Waals surface area contributed by atoms with E-state index in [0.717, 1.165) is 11.4 Å². The SMILES string of the molecule is CC(=O)c1cccc(S(=O)(=O)NCCNc2cc(-n3nc(C)cc3C)nc(C)n2)c1. The van der Waals surface area contributed by atoms with Crippen LogP contribution in [0.4, 0.5) is 5.82 Å². The van der Waals surface area contributed by atoms with Crippen molar-refractivity contribution in [3.05, 3.63) is 59.2 Å². The zero-order valence-corrected chi connectivity index (χ0v) is 18.1. The maximum absolute atomic E-state index is 12.5. The van der Waals surface area contributed by atoms with Gasteiger partial charge in [-0.2, -0.15) is 5.10 Å². The molecule has 0 unspecified atom stereocenters. The molecule has 10 heteroatoms. The summed E-state index contributed by atoms with van der Waals surface area (Å²) in [7, 11) is -3.72. The third-order valence-electron chi connectivity index (χ3n) is 4.33. The smallest absolute Gasteiger partial charge is 0.240 e. The Morgan fingerprint density at radius 3 is 2.50 bits per heavy atom. The number of aromatic nitrogens is 4. The molecule has 158 valence electrons. The quantitative estimate of drug-likeness (QED) is 0.417. The standard InChI is InChI=1S/C20H24N6O3S/c1-13-10-14(2)26(25-13)20-12-19(23-16(4)24-20)21-8-9-22-30(28,29)18-7-5-6-17(11-18)15(3)27/h5-7,10-12,22H,8-9H2,1-4H3,(H,21,23,24). The number of rotatable bonds is 8. The average molecular weight is 429 g/mol. The number of hydrogen-bond acceptors (Lipinski definition) is 7. The summed E-state index contributed by atoms with van der Waals surface area (Å²) in [6, 6.07) is 9.68. The van der Waals surface area contributed by atoms with Crippen molar-refractivity contribution in [2.24, 2.45) is 0 Å². The number of sulfonamides is 1.